The molecule has 22 heavy (non-hydrogen) atoms. The second-order valence-electron chi connectivity index (χ2n) is 4.78. The van der Waals surface area contributed by atoms with Crippen molar-refractivity contribution >= 4 is 23.3 Å². The van der Waals surface area contributed by atoms with E-state index in [1.165, 1.54) is 24.3 Å². The van der Waals surface area contributed by atoms with E-state index in [4.69, 9.17) is 4.74 Å². The molecule has 0 aliphatic carbocycles. The number of carbonyl (C=O) groups excluding carboxylic acids is 2. The summed E-state index contributed by atoms with van der Waals surface area (Å²) in [6, 6.07) is 5.64. The van der Waals surface area contributed by atoms with Crippen LogP contribution in [0.2, 0.25) is 0 Å². The Morgan fingerprint density at radius 2 is 2.05 bits per heavy atom. The summed E-state index contributed by atoms with van der Waals surface area (Å²) in [4.78, 5) is 33.8. The van der Waals surface area contributed by atoms with Crippen LogP contribution in [0.25, 0.3) is 5.70 Å². The van der Waals surface area contributed by atoms with Crippen molar-refractivity contribution in [3.8, 4) is 0 Å². The van der Waals surface area contributed by atoms with Gasteiger partial charge in [-0.05, 0) is 6.92 Å². The third kappa shape index (κ3) is 2.20. The zero-order valence-corrected chi connectivity index (χ0v) is 11.3. The van der Waals surface area contributed by atoms with Crippen molar-refractivity contribution in [2.24, 2.45) is 16.1 Å². The molecule has 0 saturated carbocycles. The number of benzene rings is 1. The van der Waals surface area contributed by atoms with E-state index in [0.29, 0.717) is 5.56 Å². The Morgan fingerprint density at radius 1 is 1.27 bits per heavy atom. The molecule has 2 aliphatic rings. The fourth-order valence-electron chi connectivity index (χ4n) is 2.14. The van der Waals surface area contributed by atoms with Gasteiger partial charge in [0, 0.05) is 17.7 Å². The van der Waals surface area contributed by atoms with E-state index < -0.39 is 22.7 Å². The van der Waals surface area contributed by atoms with Crippen molar-refractivity contribution in [1.29, 1.82) is 0 Å². The monoisotopic (exact) mass is 299 g/mol. The highest BCUT2D eigenvalue weighted by Gasteiger charge is 2.34. The largest absolute Gasteiger partial charge is 0.423 e. The van der Waals surface area contributed by atoms with E-state index in [-0.39, 0.29) is 22.7 Å². The van der Waals surface area contributed by atoms with Crippen molar-refractivity contribution in [2.45, 2.75) is 6.92 Å². The maximum atomic E-state index is 11.8. The molecular formula is C14H9N3O5. The first-order valence-corrected chi connectivity index (χ1v) is 6.36. The molecule has 2 heterocycles. The molecule has 0 N–H and O–H groups in total. The van der Waals surface area contributed by atoms with Crippen molar-refractivity contribution in [3.05, 3.63) is 57.4 Å². The molecule has 8 nitrogen and oxygen atoms in total. The molecule has 110 valence electrons. The molecule has 0 bridgehead atoms. The second-order valence-corrected chi connectivity index (χ2v) is 4.78. The van der Waals surface area contributed by atoms with E-state index in [1.807, 2.05) is 0 Å². The zero-order chi connectivity index (χ0) is 15.9. The fraction of sp³-hybridized carbons (Fsp3) is 0.143. The third-order valence-corrected chi connectivity index (χ3v) is 3.25. The van der Waals surface area contributed by atoms with Gasteiger partial charge >= 0.3 is 5.97 Å². The summed E-state index contributed by atoms with van der Waals surface area (Å²) >= 11 is 0. The standard InChI is InChI=1S/C14H9N3O5/c1-7-5-10-12(22-14(7)19)11(15-16-13(10)18)8-3-2-4-9(6-8)17(20)21/h2-7H,1H3. The predicted octanol–water partition coefficient (Wildman–Crippen LogP) is 2.38. The number of nitro benzene ring substituents is 1. The molecule has 8 heteroatoms. The summed E-state index contributed by atoms with van der Waals surface area (Å²) in [5.41, 5.74) is 0.464. The van der Waals surface area contributed by atoms with Gasteiger partial charge in [0.2, 0.25) is 0 Å². The first-order valence-electron chi connectivity index (χ1n) is 6.36. The Hall–Kier alpha value is -3.16. The molecule has 0 saturated heterocycles. The predicted molar refractivity (Wildman–Crippen MR) is 73.2 cm³/mol. The molecule has 0 aromatic heterocycles. The average Bonchev–Trinajstić information content (AvgIpc) is 2.50. The number of amides is 1. The summed E-state index contributed by atoms with van der Waals surface area (Å²) < 4.78 is 5.17. The van der Waals surface area contributed by atoms with Crippen LogP contribution in [0.5, 0.6) is 0 Å². The van der Waals surface area contributed by atoms with Gasteiger partial charge in [-0.15, -0.1) is 10.2 Å². The minimum Gasteiger partial charge on any atom is -0.423 e. The number of carbonyl (C=O) groups is 2. The van der Waals surface area contributed by atoms with Crippen molar-refractivity contribution in [1.82, 2.24) is 0 Å². The first-order chi connectivity index (χ1) is 10.5. The van der Waals surface area contributed by atoms with E-state index in [0.717, 1.165) is 0 Å². The minimum absolute atomic E-state index is 0.0106. The Morgan fingerprint density at radius 3 is 2.77 bits per heavy atom. The Bertz CT molecular complexity index is 806. The van der Waals surface area contributed by atoms with E-state index in [2.05, 4.69) is 10.2 Å². The lowest BCUT2D eigenvalue weighted by molar-refractivity contribution is -0.384. The number of nitro groups is 1. The number of hydrogen-bond acceptors (Lipinski definition) is 6. The highest BCUT2D eigenvalue weighted by molar-refractivity contribution is 6.04. The van der Waals surface area contributed by atoms with Gasteiger partial charge in [0.15, 0.2) is 5.76 Å². The Balaban J connectivity index is 2.17. The fourth-order valence-corrected chi connectivity index (χ4v) is 2.14. The van der Waals surface area contributed by atoms with Crippen molar-refractivity contribution < 1.29 is 19.2 Å². The first kappa shape index (κ1) is 13.8. The highest BCUT2D eigenvalue weighted by atomic mass is 16.6. The van der Waals surface area contributed by atoms with Crippen LogP contribution in [-0.4, -0.2) is 16.8 Å². The van der Waals surface area contributed by atoms with Gasteiger partial charge in [-0.3, -0.25) is 19.7 Å². The molecule has 0 spiro atoms. The number of nitrogens with zero attached hydrogens (tertiary/aromatic N) is 3. The highest BCUT2D eigenvalue weighted by Crippen LogP contribution is 2.35. The van der Waals surface area contributed by atoms with Crippen LogP contribution >= 0.6 is 0 Å². The van der Waals surface area contributed by atoms with Crippen LogP contribution in [0, 0.1) is 16.0 Å². The molecular weight excluding hydrogens is 290 g/mol. The van der Waals surface area contributed by atoms with Crippen LogP contribution in [0.3, 0.4) is 0 Å². The molecule has 1 amide bonds. The van der Waals surface area contributed by atoms with Gasteiger partial charge < -0.3 is 4.74 Å². The smallest absolute Gasteiger partial charge is 0.318 e. The normalized spacial score (nSPS) is 20.4. The van der Waals surface area contributed by atoms with Crippen LogP contribution in [-0.2, 0) is 14.3 Å². The molecule has 3 rings (SSSR count). The summed E-state index contributed by atoms with van der Waals surface area (Å²) in [5.74, 6) is -1.71. The van der Waals surface area contributed by atoms with Gasteiger partial charge in [0.25, 0.3) is 11.6 Å². The Kier molecular flexibility index (Phi) is 3.13. The average molecular weight is 299 g/mol. The maximum absolute atomic E-state index is 11.8. The minimum atomic E-state index is -0.608. The van der Waals surface area contributed by atoms with Gasteiger partial charge in [0.1, 0.15) is 5.70 Å². The van der Waals surface area contributed by atoms with Gasteiger partial charge in [-0.25, -0.2) is 0 Å². The number of esters is 1. The number of hydrogen-bond donors (Lipinski definition) is 0. The zero-order valence-electron chi connectivity index (χ0n) is 11.3. The second kappa shape index (κ2) is 4.99. The van der Waals surface area contributed by atoms with E-state index in [1.54, 1.807) is 13.0 Å². The molecule has 1 atom stereocenters. The number of non-ortho nitro benzene ring substituents is 1. The number of rotatable bonds is 2. The summed E-state index contributed by atoms with van der Waals surface area (Å²) in [6.45, 7) is 1.60. The molecule has 1 aromatic rings. The van der Waals surface area contributed by atoms with Crippen LogP contribution in [0.1, 0.15) is 12.5 Å². The molecule has 2 aliphatic heterocycles. The number of fused-ring (bicyclic) bond motifs is 1. The summed E-state index contributed by atoms with van der Waals surface area (Å²) in [7, 11) is 0. The van der Waals surface area contributed by atoms with Crippen LogP contribution < -0.4 is 0 Å². The van der Waals surface area contributed by atoms with Crippen LogP contribution in [0.4, 0.5) is 5.69 Å². The summed E-state index contributed by atoms with van der Waals surface area (Å²) in [5, 5.41) is 18.1. The topological polar surface area (TPSA) is 111 Å². The Labute approximate surface area is 123 Å². The van der Waals surface area contributed by atoms with Crippen molar-refractivity contribution in [3.63, 3.8) is 0 Å². The van der Waals surface area contributed by atoms with E-state index in [9.17, 15) is 19.7 Å². The lowest BCUT2D eigenvalue weighted by Crippen LogP contribution is -2.24. The van der Waals surface area contributed by atoms with E-state index >= 15 is 0 Å². The lowest BCUT2D eigenvalue weighted by Gasteiger charge is -2.22. The molecule has 0 radical (unpaired) electrons. The quantitative estimate of drug-likeness (QED) is 0.473. The van der Waals surface area contributed by atoms with Gasteiger partial charge in [-0.1, -0.05) is 18.2 Å². The molecule has 1 unspecified atom stereocenters. The van der Waals surface area contributed by atoms with Crippen molar-refractivity contribution in [2.75, 3.05) is 0 Å². The third-order valence-electron chi connectivity index (χ3n) is 3.25. The number of ether oxygens (including phenoxy) is 1. The maximum Gasteiger partial charge on any atom is 0.318 e. The SMILES string of the molecule is CC1C=C2C(=O)N=NC(c3cccc([N+](=O)[O-])c3)=C2OC1=O. The lowest BCUT2D eigenvalue weighted by atomic mass is 9.98. The van der Waals surface area contributed by atoms with Crippen LogP contribution in [0.15, 0.2) is 51.9 Å². The van der Waals surface area contributed by atoms with Gasteiger partial charge in [0.05, 0.1) is 16.4 Å². The summed E-state index contributed by atoms with van der Waals surface area (Å²) in [6.07, 6.45) is 1.46. The van der Waals surface area contributed by atoms with Gasteiger partial charge in [-0.2, -0.15) is 0 Å². The number of azo groups is 1. The molecule has 0 fully saturated rings. The molecule has 1 aromatic carbocycles.